The lowest BCUT2D eigenvalue weighted by molar-refractivity contribution is -0.114. The highest BCUT2D eigenvalue weighted by Crippen LogP contribution is 2.21. The topological polar surface area (TPSA) is 34.1 Å². The molecule has 0 aromatic carbocycles. The largest absolute Gasteiger partial charge is 0.290 e. The van der Waals surface area contributed by atoms with Crippen LogP contribution in [0.25, 0.3) is 0 Å². The van der Waals surface area contributed by atoms with Crippen molar-refractivity contribution in [2.45, 2.75) is 116 Å². The summed E-state index contributed by atoms with van der Waals surface area (Å²) < 4.78 is 0.378. The van der Waals surface area contributed by atoms with Crippen molar-refractivity contribution < 1.29 is 9.59 Å². The van der Waals surface area contributed by atoms with E-state index in [9.17, 15) is 9.59 Å². The van der Waals surface area contributed by atoms with Gasteiger partial charge in [0.15, 0.2) is 11.6 Å². The van der Waals surface area contributed by atoms with Crippen molar-refractivity contribution in [1.82, 2.24) is 0 Å². The molecule has 0 saturated carbocycles. The molecule has 27 heavy (non-hydrogen) atoms. The second-order valence-electron chi connectivity index (χ2n) is 7.94. The number of carbonyl (C=O) groups excluding carboxylic acids is 2. The Kier molecular flexibility index (Phi) is 14.7. The lowest BCUT2D eigenvalue weighted by Gasteiger charge is -2.08. The van der Waals surface area contributed by atoms with Gasteiger partial charge in [0.1, 0.15) is 0 Å². The molecule has 1 aliphatic rings. The van der Waals surface area contributed by atoms with E-state index in [4.69, 9.17) is 0 Å². The highest BCUT2D eigenvalue weighted by molar-refractivity contribution is 9.12. The fourth-order valence-corrected chi connectivity index (χ4v) is 3.96. The molecule has 0 bridgehead atoms. The number of ketones is 2. The van der Waals surface area contributed by atoms with Gasteiger partial charge in [-0.15, -0.1) is 0 Å². The van der Waals surface area contributed by atoms with Crippen molar-refractivity contribution in [2.75, 3.05) is 0 Å². The van der Waals surface area contributed by atoms with Gasteiger partial charge in [-0.25, -0.2) is 0 Å². The maximum absolute atomic E-state index is 11.8. The molecule has 1 aliphatic carbocycles. The maximum Gasteiger partial charge on any atom is 0.193 e. The van der Waals surface area contributed by atoms with Gasteiger partial charge < -0.3 is 0 Å². The highest BCUT2D eigenvalue weighted by Gasteiger charge is 2.17. The third kappa shape index (κ3) is 12.4. The van der Waals surface area contributed by atoms with Crippen molar-refractivity contribution in [2.24, 2.45) is 0 Å². The Hall–Kier alpha value is -0.700. The SMILES string of the molecule is CCCCCCCCCCCCCCCCCCC1=CC(=O)C(Br)=CC1=O. The van der Waals surface area contributed by atoms with Crippen LogP contribution >= 0.6 is 15.9 Å². The lowest BCUT2D eigenvalue weighted by atomic mass is 9.97. The van der Waals surface area contributed by atoms with Gasteiger partial charge in [-0.05, 0) is 34.8 Å². The quantitative estimate of drug-likeness (QED) is 0.170. The molecule has 0 aromatic heterocycles. The van der Waals surface area contributed by atoms with Crippen molar-refractivity contribution in [1.29, 1.82) is 0 Å². The molecule has 154 valence electrons. The summed E-state index contributed by atoms with van der Waals surface area (Å²) in [6.45, 7) is 2.28. The smallest absolute Gasteiger partial charge is 0.193 e. The van der Waals surface area contributed by atoms with Crippen LogP contribution in [-0.2, 0) is 9.59 Å². The molecule has 2 nitrogen and oxygen atoms in total. The fraction of sp³-hybridized carbons (Fsp3) is 0.750. The summed E-state index contributed by atoms with van der Waals surface area (Å²) in [7, 11) is 0. The second kappa shape index (κ2) is 16.3. The second-order valence-corrected chi connectivity index (χ2v) is 8.80. The van der Waals surface area contributed by atoms with E-state index in [1.165, 1.54) is 102 Å². The molecule has 0 unspecified atom stereocenters. The fourth-order valence-electron chi connectivity index (χ4n) is 3.64. The van der Waals surface area contributed by atoms with E-state index in [0.29, 0.717) is 10.1 Å². The minimum Gasteiger partial charge on any atom is -0.290 e. The first-order valence-electron chi connectivity index (χ1n) is 11.3. The van der Waals surface area contributed by atoms with E-state index in [2.05, 4.69) is 22.9 Å². The summed E-state index contributed by atoms with van der Waals surface area (Å²) in [6.07, 6.45) is 25.2. The van der Waals surface area contributed by atoms with E-state index < -0.39 is 0 Å². The predicted molar refractivity (Wildman–Crippen MR) is 119 cm³/mol. The number of halogens is 1. The Morgan fingerprint density at radius 3 is 1.44 bits per heavy atom. The van der Waals surface area contributed by atoms with Crippen LogP contribution in [0, 0.1) is 0 Å². The van der Waals surface area contributed by atoms with Crippen LogP contribution < -0.4 is 0 Å². The summed E-state index contributed by atoms with van der Waals surface area (Å²) >= 11 is 3.12. The standard InChI is InChI=1S/C24H39BrO2/c1-2-3-4-5-6-7-8-9-10-11-12-13-14-15-16-17-18-21-19-24(27)22(25)20-23(21)26/h19-20H,2-18H2,1H3. The molecular formula is C24H39BrO2. The van der Waals surface area contributed by atoms with E-state index in [1.54, 1.807) is 0 Å². The number of hydrogen-bond acceptors (Lipinski definition) is 2. The molecule has 0 spiro atoms. The molecule has 0 amide bonds. The van der Waals surface area contributed by atoms with Crippen LogP contribution in [0.5, 0.6) is 0 Å². The van der Waals surface area contributed by atoms with Crippen LogP contribution in [0.1, 0.15) is 116 Å². The molecule has 0 aromatic rings. The maximum atomic E-state index is 11.8. The predicted octanol–water partition coefficient (Wildman–Crippen LogP) is 8.00. The van der Waals surface area contributed by atoms with Gasteiger partial charge in [0.05, 0.1) is 4.48 Å². The van der Waals surface area contributed by atoms with Crippen molar-refractivity contribution in [3.8, 4) is 0 Å². The molecule has 0 aliphatic heterocycles. The Bertz CT molecular complexity index is 491. The molecule has 0 radical (unpaired) electrons. The summed E-state index contributed by atoms with van der Waals surface area (Å²) in [4.78, 5) is 23.4. The Morgan fingerprint density at radius 2 is 1.00 bits per heavy atom. The highest BCUT2D eigenvalue weighted by atomic mass is 79.9. The van der Waals surface area contributed by atoms with E-state index in [-0.39, 0.29) is 11.6 Å². The monoisotopic (exact) mass is 438 g/mol. The van der Waals surface area contributed by atoms with Gasteiger partial charge in [-0.3, -0.25) is 9.59 Å². The third-order valence-corrected chi connectivity index (χ3v) is 6.03. The summed E-state index contributed by atoms with van der Waals surface area (Å²) in [5.41, 5.74) is 0.675. The Balaban J connectivity index is 1.83. The first kappa shape index (κ1) is 24.3. The van der Waals surface area contributed by atoms with Gasteiger partial charge in [-0.1, -0.05) is 103 Å². The average Bonchev–Trinajstić information content (AvgIpc) is 2.65. The molecular weight excluding hydrogens is 400 g/mol. The van der Waals surface area contributed by atoms with Gasteiger partial charge in [-0.2, -0.15) is 0 Å². The van der Waals surface area contributed by atoms with Gasteiger partial charge in [0, 0.05) is 11.6 Å². The lowest BCUT2D eigenvalue weighted by Crippen LogP contribution is -2.10. The van der Waals surface area contributed by atoms with Crippen LogP contribution in [0.15, 0.2) is 22.2 Å². The Labute approximate surface area is 175 Å². The van der Waals surface area contributed by atoms with E-state index >= 15 is 0 Å². The zero-order chi connectivity index (χ0) is 19.7. The van der Waals surface area contributed by atoms with E-state index in [0.717, 1.165) is 19.3 Å². The summed E-state index contributed by atoms with van der Waals surface area (Å²) in [6, 6.07) is 0. The number of carbonyl (C=O) groups is 2. The minimum atomic E-state index is -0.0823. The summed E-state index contributed by atoms with van der Waals surface area (Å²) in [5, 5.41) is 0. The first-order chi connectivity index (χ1) is 13.1. The number of unbranched alkanes of at least 4 members (excludes halogenated alkanes) is 15. The molecule has 3 heteroatoms. The van der Waals surface area contributed by atoms with Crippen molar-refractivity contribution >= 4 is 27.5 Å². The van der Waals surface area contributed by atoms with Crippen LogP contribution in [0.2, 0.25) is 0 Å². The molecule has 0 atom stereocenters. The van der Waals surface area contributed by atoms with Crippen molar-refractivity contribution in [3.05, 3.63) is 22.2 Å². The average molecular weight is 439 g/mol. The first-order valence-corrected chi connectivity index (χ1v) is 12.1. The zero-order valence-electron chi connectivity index (χ0n) is 17.4. The van der Waals surface area contributed by atoms with Crippen LogP contribution in [-0.4, -0.2) is 11.6 Å². The molecule has 0 heterocycles. The minimum absolute atomic E-state index is 0.0116. The number of rotatable bonds is 17. The number of allylic oxidation sites excluding steroid dienone is 4. The molecule has 0 fully saturated rings. The third-order valence-electron chi connectivity index (χ3n) is 5.41. The normalized spacial score (nSPS) is 14.4. The molecule has 0 N–H and O–H groups in total. The van der Waals surface area contributed by atoms with Crippen LogP contribution in [0.3, 0.4) is 0 Å². The van der Waals surface area contributed by atoms with Crippen LogP contribution in [0.4, 0.5) is 0 Å². The Morgan fingerprint density at radius 1 is 0.593 bits per heavy atom. The summed E-state index contributed by atoms with van der Waals surface area (Å²) in [5.74, 6) is -0.0940. The van der Waals surface area contributed by atoms with Gasteiger partial charge >= 0.3 is 0 Å². The zero-order valence-corrected chi connectivity index (χ0v) is 19.0. The number of hydrogen-bond donors (Lipinski definition) is 0. The van der Waals surface area contributed by atoms with Crippen molar-refractivity contribution in [3.63, 3.8) is 0 Å². The van der Waals surface area contributed by atoms with E-state index in [1.807, 2.05) is 0 Å². The van der Waals surface area contributed by atoms with Gasteiger partial charge in [0.2, 0.25) is 0 Å². The van der Waals surface area contributed by atoms with Gasteiger partial charge in [0.25, 0.3) is 0 Å². The molecule has 0 saturated heterocycles. The molecule has 1 rings (SSSR count).